The van der Waals surface area contributed by atoms with E-state index in [-0.39, 0.29) is 5.91 Å². The van der Waals surface area contributed by atoms with Crippen molar-refractivity contribution in [2.45, 2.75) is 19.8 Å². The van der Waals surface area contributed by atoms with Gasteiger partial charge in [-0.25, -0.2) is 0 Å². The lowest BCUT2D eigenvalue weighted by atomic mass is 10.3. The summed E-state index contributed by atoms with van der Waals surface area (Å²) in [6.45, 7) is 3.91. The second-order valence-corrected chi connectivity index (χ2v) is 2.79. The largest absolute Gasteiger partial charge is 0.349 e. The molecule has 3 nitrogen and oxygen atoms in total. The van der Waals surface area contributed by atoms with E-state index < -0.39 is 0 Å². The van der Waals surface area contributed by atoms with Gasteiger partial charge in [-0.1, -0.05) is 6.92 Å². The topological polar surface area (TPSA) is 32.3 Å². The van der Waals surface area contributed by atoms with Gasteiger partial charge >= 0.3 is 0 Å². The van der Waals surface area contributed by atoms with Gasteiger partial charge in [0, 0.05) is 27.1 Å². The quantitative estimate of drug-likeness (QED) is 0.590. The average Bonchev–Trinajstić information content (AvgIpc) is 1.97. The van der Waals surface area contributed by atoms with E-state index in [0.717, 1.165) is 19.5 Å². The van der Waals surface area contributed by atoms with E-state index in [1.807, 2.05) is 0 Å². The molecule has 0 aliphatic carbocycles. The zero-order valence-corrected chi connectivity index (χ0v) is 7.68. The third-order valence-corrected chi connectivity index (χ3v) is 1.44. The number of nitrogens with zero attached hydrogens (tertiary/aromatic N) is 1. The maximum Gasteiger partial charge on any atom is 0.223 e. The molecule has 1 amide bonds. The average molecular weight is 158 g/mol. The molecule has 3 heteroatoms. The Bertz CT molecular complexity index is 113. The molecule has 0 spiro atoms. The van der Waals surface area contributed by atoms with Crippen molar-refractivity contribution >= 4 is 5.91 Å². The summed E-state index contributed by atoms with van der Waals surface area (Å²) in [6, 6.07) is 0. The molecule has 0 aliphatic heterocycles. The van der Waals surface area contributed by atoms with Crippen LogP contribution >= 0.6 is 0 Å². The summed E-state index contributed by atoms with van der Waals surface area (Å²) in [4.78, 5) is 12.6. The Hall–Kier alpha value is -0.570. The first-order valence-corrected chi connectivity index (χ1v) is 4.09. The lowest BCUT2D eigenvalue weighted by molar-refractivity contribution is -0.128. The molecule has 1 N–H and O–H groups in total. The van der Waals surface area contributed by atoms with Crippen LogP contribution < -0.4 is 5.32 Å². The van der Waals surface area contributed by atoms with Crippen LogP contribution in [0.1, 0.15) is 19.8 Å². The monoisotopic (exact) mass is 158 g/mol. The second kappa shape index (κ2) is 6.16. The van der Waals surface area contributed by atoms with Crippen molar-refractivity contribution in [3.63, 3.8) is 0 Å². The van der Waals surface area contributed by atoms with E-state index in [0.29, 0.717) is 6.42 Å². The number of hydrogen-bond acceptors (Lipinski definition) is 2. The van der Waals surface area contributed by atoms with E-state index in [4.69, 9.17) is 0 Å². The minimum atomic E-state index is 0.189. The van der Waals surface area contributed by atoms with Gasteiger partial charge in [0.25, 0.3) is 0 Å². The number of carbonyl (C=O) groups excluding carboxylic acids is 1. The summed E-state index contributed by atoms with van der Waals surface area (Å²) in [5, 5.41) is 3.17. The molecule has 0 atom stereocenters. The molecule has 0 saturated carbocycles. The standard InChI is InChI=1S/C8H18N2O/c1-4-6-9-7-5-8(11)10(2)3/h9H,4-7H2,1-3H3. The summed E-state index contributed by atoms with van der Waals surface area (Å²) in [5.74, 6) is 0.189. The van der Waals surface area contributed by atoms with Crippen LogP contribution in [-0.2, 0) is 4.79 Å². The zero-order valence-electron chi connectivity index (χ0n) is 7.68. The summed E-state index contributed by atoms with van der Waals surface area (Å²) in [5.41, 5.74) is 0. The van der Waals surface area contributed by atoms with Crippen molar-refractivity contribution in [1.82, 2.24) is 10.2 Å². The highest BCUT2D eigenvalue weighted by atomic mass is 16.2. The van der Waals surface area contributed by atoms with Crippen LogP contribution in [0.2, 0.25) is 0 Å². The number of rotatable bonds is 5. The fourth-order valence-electron chi connectivity index (χ4n) is 0.721. The van der Waals surface area contributed by atoms with Gasteiger partial charge < -0.3 is 10.2 Å². The van der Waals surface area contributed by atoms with Gasteiger partial charge in [-0.05, 0) is 13.0 Å². The molecular formula is C8H18N2O. The van der Waals surface area contributed by atoms with E-state index in [9.17, 15) is 4.79 Å². The summed E-state index contributed by atoms with van der Waals surface area (Å²) < 4.78 is 0. The van der Waals surface area contributed by atoms with E-state index in [1.54, 1.807) is 19.0 Å². The molecule has 0 unspecified atom stereocenters. The molecule has 66 valence electrons. The van der Waals surface area contributed by atoms with Crippen molar-refractivity contribution < 1.29 is 4.79 Å². The zero-order chi connectivity index (χ0) is 8.69. The van der Waals surface area contributed by atoms with Crippen LogP contribution in [0, 0.1) is 0 Å². The van der Waals surface area contributed by atoms with Crippen molar-refractivity contribution in [2.75, 3.05) is 27.2 Å². The van der Waals surface area contributed by atoms with E-state index in [1.165, 1.54) is 0 Å². The first-order valence-electron chi connectivity index (χ1n) is 4.09. The summed E-state index contributed by atoms with van der Waals surface area (Å²) in [6.07, 6.45) is 1.73. The first-order chi connectivity index (χ1) is 5.18. The number of nitrogens with one attached hydrogen (secondary N) is 1. The first kappa shape index (κ1) is 10.4. The third-order valence-electron chi connectivity index (χ3n) is 1.44. The number of amides is 1. The van der Waals surface area contributed by atoms with Gasteiger partial charge in [-0.15, -0.1) is 0 Å². The van der Waals surface area contributed by atoms with Crippen molar-refractivity contribution in [3.05, 3.63) is 0 Å². The lowest BCUT2D eigenvalue weighted by Crippen LogP contribution is -2.26. The van der Waals surface area contributed by atoms with Crippen LogP contribution in [0.15, 0.2) is 0 Å². The maximum atomic E-state index is 11.0. The molecule has 0 aromatic carbocycles. The summed E-state index contributed by atoms with van der Waals surface area (Å²) in [7, 11) is 3.56. The van der Waals surface area contributed by atoms with Crippen molar-refractivity contribution in [3.8, 4) is 0 Å². The van der Waals surface area contributed by atoms with Crippen LogP contribution in [0.5, 0.6) is 0 Å². The third kappa shape index (κ3) is 5.85. The molecule has 11 heavy (non-hydrogen) atoms. The SMILES string of the molecule is CCCNCCC(=O)N(C)C. The molecule has 0 heterocycles. The van der Waals surface area contributed by atoms with Crippen molar-refractivity contribution in [2.24, 2.45) is 0 Å². The minimum Gasteiger partial charge on any atom is -0.349 e. The second-order valence-electron chi connectivity index (χ2n) is 2.79. The lowest BCUT2D eigenvalue weighted by Gasteiger charge is -2.09. The Kier molecular flexibility index (Phi) is 5.84. The highest BCUT2D eigenvalue weighted by Gasteiger charge is 2.01. The molecule has 0 aromatic heterocycles. The minimum absolute atomic E-state index is 0.189. The molecule has 0 fully saturated rings. The highest BCUT2D eigenvalue weighted by molar-refractivity contribution is 5.75. The van der Waals surface area contributed by atoms with Crippen molar-refractivity contribution in [1.29, 1.82) is 0 Å². The molecule has 0 rings (SSSR count). The Balaban J connectivity index is 3.18. The molecular weight excluding hydrogens is 140 g/mol. The van der Waals surface area contributed by atoms with E-state index in [2.05, 4.69) is 12.2 Å². The van der Waals surface area contributed by atoms with Gasteiger partial charge in [0.15, 0.2) is 0 Å². The number of carbonyl (C=O) groups is 1. The predicted molar refractivity (Wildman–Crippen MR) is 46.5 cm³/mol. The Morgan fingerprint density at radius 3 is 2.45 bits per heavy atom. The molecule has 0 bridgehead atoms. The van der Waals surface area contributed by atoms with Gasteiger partial charge in [-0.2, -0.15) is 0 Å². The predicted octanol–water partition coefficient (Wildman–Crippen LogP) is 0.464. The normalized spacial score (nSPS) is 9.73. The molecule has 0 aromatic rings. The smallest absolute Gasteiger partial charge is 0.223 e. The molecule has 0 saturated heterocycles. The number of hydrogen-bond donors (Lipinski definition) is 1. The van der Waals surface area contributed by atoms with E-state index >= 15 is 0 Å². The maximum absolute atomic E-state index is 11.0. The molecule has 0 radical (unpaired) electrons. The van der Waals surface area contributed by atoms with Crippen LogP contribution in [0.25, 0.3) is 0 Å². The highest BCUT2D eigenvalue weighted by Crippen LogP contribution is 1.84. The fourth-order valence-corrected chi connectivity index (χ4v) is 0.721. The van der Waals surface area contributed by atoms with Gasteiger partial charge in [0.05, 0.1) is 0 Å². The summed E-state index contributed by atoms with van der Waals surface area (Å²) >= 11 is 0. The van der Waals surface area contributed by atoms with Crippen LogP contribution in [0.4, 0.5) is 0 Å². The van der Waals surface area contributed by atoms with Crippen LogP contribution in [0.3, 0.4) is 0 Å². The van der Waals surface area contributed by atoms with Crippen LogP contribution in [-0.4, -0.2) is 38.0 Å². The van der Waals surface area contributed by atoms with Gasteiger partial charge in [0.1, 0.15) is 0 Å². The molecule has 0 aliphatic rings. The Labute approximate surface area is 68.8 Å². The Morgan fingerprint density at radius 1 is 1.36 bits per heavy atom. The fraction of sp³-hybridized carbons (Fsp3) is 0.875. The Morgan fingerprint density at radius 2 is 2.00 bits per heavy atom. The van der Waals surface area contributed by atoms with Gasteiger partial charge in [0.2, 0.25) is 5.91 Å². The van der Waals surface area contributed by atoms with Gasteiger partial charge in [-0.3, -0.25) is 4.79 Å².